The molecule has 2 aromatic rings. The predicted molar refractivity (Wildman–Crippen MR) is 127 cm³/mol. The molecule has 1 aliphatic carbocycles. The van der Waals surface area contributed by atoms with E-state index in [0.717, 1.165) is 43.3 Å². The van der Waals surface area contributed by atoms with E-state index in [1.54, 1.807) is 0 Å². The van der Waals surface area contributed by atoms with Crippen molar-refractivity contribution >= 4 is 11.9 Å². The van der Waals surface area contributed by atoms with Crippen LogP contribution in [0.1, 0.15) is 69.7 Å². The maximum atomic E-state index is 12.6. The lowest BCUT2D eigenvalue weighted by atomic mass is 9.85. The summed E-state index contributed by atoms with van der Waals surface area (Å²) in [6, 6.07) is 10.8. The topological polar surface area (TPSA) is 96.2 Å². The Labute approximate surface area is 191 Å². The summed E-state index contributed by atoms with van der Waals surface area (Å²) in [5, 5.41) is 18.6. The number of nitrogens with zero attached hydrogens (tertiary/aromatic N) is 4. The van der Waals surface area contributed by atoms with E-state index in [9.17, 15) is 4.79 Å². The zero-order chi connectivity index (χ0) is 23.1. The number of guanidine groups is 1. The monoisotopic (exact) mass is 439 g/mol. The molecule has 1 fully saturated rings. The number of hydrogen-bond donors (Lipinski definition) is 3. The van der Waals surface area contributed by atoms with Crippen molar-refractivity contribution in [2.75, 3.05) is 0 Å². The zero-order valence-electron chi connectivity index (χ0n) is 19.9. The average molecular weight is 440 g/mol. The van der Waals surface area contributed by atoms with E-state index in [1.165, 1.54) is 5.56 Å². The molecule has 3 N–H and O–H groups in total. The lowest BCUT2D eigenvalue weighted by Crippen LogP contribution is -2.48. The second-order valence-corrected chi connectivity index (χ2v) is 9.03. The van der Waals surface area contributed by atoms with Gasteiger partial charge in [0.15, 0.2) is 11.8 Å². The molecule has 1 amide bonds. The standard InChI is InChI=1S/C24H37N7O/c1-16(2)26-23(32)20-12-9-13-21(14-20)28-24(25-15-22-30-29-18(4)31(22)5)27-17(3)19-10-7-6-8-11-19/h6-8,10-11,16-17,20-21H,9,12-15H2,1-5H3,(H,26,32)(H2,25,27,28). The molecule has 1 aromatic heterocycles. The molecule has 0 radical (unpaired) electrons. The molecule has 1 saturated carbocycles. The van der Waals surface area contributed by atoms with Crippen molar-refractivity contribution in [3.63, 3.8) is 0 Å². The Morgan fingerprint density at radius 2 is 1.91 bits per heavy atom. The van der Waals surface area contributed by atoms with Gasteiger partial charge in [0.1, 0.15) is 12.4 Å². The molecule has 1 aromatic carbocycles. The van der Waals surface area contributed by atoms with Gasteiger partial charge in [-0.3, -0.25) is 4.79 Å². The maximum Gasteiger partial charge on any atom is 0.223 e. The van der Waals surface area contributed by atoms with Crippen LogP contribution in [0, 0.1) is 12.8 Å². The van der Waals surface area contributed by atoms with Gasteiger partial charge >= 0.3 is 0 Å². The first-order valence-electron chi connectivity index (χ1n) is 11.6. The van der Waals surface area contributed by atoms with Crippen molar-refractivity contribution in [2.45, 2.75) is 78.0 Å². The first-order chi connectivity index (χ1) is 15.3. The van der Waals surface area contributed by atoms with E-state index >= 15 is 0 Å². The van der Waals surface area contributed by atoms with Gasteiger partial charge in [0, 0.05) is 25.0 Å². The number of carbonyl (C=O) groups is 1. The minimum Gasteiger partial charge on any atom is -0.354 e. The molecule has 174 valence electrons. The molecule has 3 atom stereocenters. The number of benzene rings is 1. The lowest BCUT2D eigenvalue weighted by Gasteiger charge is -2.31. The largest absolute Gasteiger partial charge is 0.354 e. The Morgan fingerprint density at radius 1 is 1.16 bits per heavy atom. The van der Waals surface area contributed by atoms with Gasteiger partial charge in [0.25, 0.3) is 0 Å². The predicted octanol–water partition coefficient (Wildman–Crippen LogP) is 3.00. The van der Waals surface area contributed by atoms with E-state index in [1.807, 2.05) is 50.6 Å². The summed E-state index contributed by atoms with van der Waals surface area (Å²) in [6.45, 7) is 8.49. The van der Waals surface area contributed by atoms with Gasteiger partial charge in [0.2, 0.25) is 5.91 Å². The van der Waals surface area contributed by atoms with Crippen molar-refractivity contribution < 1.29 is 4.79 Å². The quantitative estimate of drug-likeness (QED) is 0.455. The van der Waals surface area contributed by atoms with E-state index in [-0.39, 0.29) is 30.0 Å². The Balaban J connectivity index is 1.71. The molecule has 32 heavy (non-hydrogen) atoms. The van der Waals surface area contributed by atoms with Crippen molar-refractivity contribution in [2.24, 2.45) is 18.0 Å². The minimum atomic E-state index is 0.0397. The molecule has 8 heteroatoms. The van der Waals surface area contributed by atoms with Crippen LogP contribution < -0.4 is 16.0 Å². The number of nitrogens with one attached hydrogen (secondary N) is 3. The number of carbonyl (C=O) groups excluding carboxylic acids is 1. The summed E-state index contributed by atoms with van der Waals surface area (Å²) in [5.74, 6) is 2.61. The maximum absolute atomic E-state index is 12.6. The van der Waals surface area contributed by atoms with E-state index in [2.05, 4.69) is 45.2 Å². The molecule has 0 bridgehead atoms. The fourth-order valence-electron chi connectivity index (χ4n) is 4.06. The highest BCUT2D eigenvalue weighted by atomic mass is 16.1. The summed E-state index contributed by atoms with van der Waals surface area (Å²) in [5.41, 5.74) is 1.19. The number of rotatable bonds is 7. The fraction of sp³-hybridized carbons (Fsp3) is 0.583. The van der Waals surface area contributed by atoms with Crippen LogP contribution in [-0.2, 0) is 18.4 Å². The van der Waals surface area contributed by atoms with Gasteiger partial charge in [0.05, 0.1) is 6.04 Å². The smallest absolute Gasteiger partial charge is 0.223 e. The molecule has 8 nitrogen and oxygen atoms in total. The Morgan fingerprint density at radius 3 is 2.56 bits per heavy atom. The number of aliphatic imine (C=N–C) groups is 1. The molecule has 3 unspecified atom stereocenters. The Bertz CT molecular complexity index is 906. The highest BCUT2D eigenvalue weighted by Crippen LogP contribution is 2.25. The van der Waals surface area contributed by atoms with Gasteiger partial charge in [-0.1, -0.05) is 36.8 Å². The van der Waals surface area contributed by atoms with Crippen LogP contribution in [0.4, 0.5) is 0 Å². The zero-order valence-corrected chi connectivity index (χ0v) is 19.9. The summed E-state index contributed by atoms with van der Waals surface area (Å²) >= 11 is 0. The fourth-order valence-corrected chi connectivity index (χ4v) is 4.06. The summed E-state index contributed by atoms with van der Waals surface area (Å²) < 4.78 is 1.95. The van der Waals surface area contributed by atoms with Gasteiger partial charge in [-0.15, -0.1) is 10.2 Å². The first kappa shape index (κ1) is 23.8. The first-order valence-corrected chi connectivity index (χ1v) is 11.6. The van der Waals surface area contributed by atoms with Crippen LogP contribution >= 0.6 is 0 Å². The van der Waals surface area contributed by atoms with Gasteiger partial charge in [-0.2, -0.15) is 0 Å². The van der Waals surface area contributed by atoms with Crippen LogP contribution in [0.15, 0.2) is 35.3 Å². The third-order valence-corrected chi connectivity index (χ3v) is 6.03. The van der Waals surface area contributed by atoms with Crippen molar-refractivity contribution in [3.05, 3.63) is 47.5 Å². The molecule has 1 aliphatic rings. The number of aryl methyl sites for hydroxylation is 1. The van der Waals surface area contributed by atoms with Crippen LogP contribution in [-0.4, -0.2) is 38.7 Å². The highest BCUT2D eigenvalue weighted by molar-refractivity contribution is 5.81. The van der Waals surface area contributed by atoms with Crippen LogP contribution in [0.2, 0.25) is 0 Å². The van der Waals surface area contributed by atoms with E-state index < -0.39 is 0 Å². The Hall–Kier alpha value is -2.90. The summed E-state index contributed by atoms with van der Waals surface area (Å²) in [4.78, 5) is 17.4. The normalized spacial score (nSPS) is 20.1. The van der Waals surface area contributed by atoms with Gasteiger partial charge in [-0.25, -0.2) is 4.99 Å². The molecule has 3 rings (SSSR count). The molecular weight excluding hydrogens is 402 g/mol. The van der Waals surface area contributed by atoms with Crippen LogP contribution in [0.3, 0.4) is 0 Å². The lowest BCUT2D eigenvalue weighted by molar-refractivity contribution is -0.126. The number of amides is 1. The minimum absolute atomic E-state index is 0.0397. The van der Waals surface area contributed by atoms with Crippen LogP contribution in [0.5, 0.6) is 0 Å². The van der Waals surface area contributed by atoms with E-state index in [0.29, 0.717) is 6.54 Å². The Kier molecular flexibility index (Phi) is 8.25. The van der Waals surface area contributed by atoms with Crippen molar-refractivity contribution in [3.8, 4) is 0 Å². The second kappa shape index (κ2) is 11.1. The average Bonchev–Trinajstić information content (AvgIpc) is 3.10. The van der Waals surface area contributed by atoms with Gasteiger partial charge in [-0.05, 0) is 52.5 Å². The highest BCUT2D eigenvalue weighted by Gasteiger charge is 2.28. The third kappa shape index (κ3) is 6.55. The SMILES string of the molecule is Cc1nnc(CN=C(NC2CCCC(C(=O)NC(C)C)C2)NC(C)c2ccccc2)n1C. The van der Waals surface area contributed by atoms with Crippen molar-refractivity contribution in [1.82, 2.24) is 30.7 Å². The number of aromatic nitrogens is 3. The van der Waals surface area contributed by atoms with Gasteiger partial charge < -0.3 is 20.5 Å². The second-order valence-electron chi connectivity index (χ2n) is 9.03. The summed E-state index contributed by atoms with van der Waals surface area (Å²) in [6.07, 6.45) is 3.80. The van der Waals surface area contributed by atoms with Crippen molar-refractivity contribution in [1.29, 1.82) is 0 Å². The molecule has 0 aliphatic heterocycles. The molecule has 1 heterocycles. The molecule has 0 saturated heterocycles. The molecular formula is C24H37N7O. The summed E-state index contributed by atoms with van der Waals surface area (Å²) in [7, 11) is 1.95. The number of hydrogen-bond acceptors (Lipinski definition) is 4. The van der Waals surface area contributed by atoms with Crippen LogP contribution in [0.25, 0.3) is 0 Å². The molecule has 0 spiro atoms. The third-order valence-electron chi connectivity index (χ3n) is 6.03. The van der Waals surface area contributed by atoms with E-state index in [4.69, 9.17) is 4.99 Å².